The van der Waals surface area contributed by atoms with Crippen molar-refractivity contribution in [2.45, 2.75) is 26.2 Å². The third kappa shape index (κ3) is 5.31. The molecule has 1 amide bonds. The molecular formula is C16H26N2O2. The van der Waals surface area contributed by atoms with Crippen molar-refractivity contribution in [3.05, 3.63) is 35.9 Å². The van der Waals surface area contributed by atoms with E-state index in [4.69, 9.17) is 10.8 Å². The molecule has 0 fully saturated rings. The van der Waals surface area contributed by atoms with Crippen LogP contribution in [0.1, 0.15) is 25.3 Å². The quantitative estimate of drug-likeness (QED) is 0.718. The molecule has 1 aromatic rings. The Balaban J connectivity index is 2.67. The van der Waals surface area contributed by atoms with Gasteiger partial charge in [-0.2, -0.15) is 0 Å². The maximum absolute atomic E-state index is 12.5. The Labute approximate surface area is 121 Å². The minimum Gasteiger partial charge on any atom is -0.395 e. The van der Waals surface area contributed by atoms with Gasteiger partial charge in [0.2, 0.25) is 5.91 Å². The highest BCUT2D eigenvalue weighted by Gasteiger charge is 2.22. The highest BCUT2D eigenvalue weighted by atomic mass is 16.3. The molecule has 0 saturated carbocycles. The van der Waals surface area contributed by atoms with E-state index >= 15 is 0 Å². The van der Waals surface area contributed by atoms with Crippen LogP contribution in [0.5, 0.6) is 0 Å². The van der Waals surface area contributed by atoms with Crippen LogP contribution in [-0.4, -0.2) is 42.2 Å². The van der Waals surface area contributed by atoms with Crippen molar-refractivity contribution < 1.29 is 9.90 Å². The second kappa shape index (κ2) is 9.50. The van der Waals surface area contributed by atoms with Crippen molar-refractivity contribution in [2.24, 2.45) is 11.7 Å². The first-order valence-electron chi connectivity index (χ1n) is 7.36. The number of carbonyl (C=O) groups excluding carboxylic acids is 1. The van der Waals surface area contributed by atoms with Crippen LogP contribution in [0.25, 0.3) is 0 Å². The van der Waals surface area contributed by atoms with E-state index in [-0.39, 0.29) is 18.4 Å². The van der Waals surface area contributed by atoms with Crippen LogP contribution in [-0.2, 0) is 11.2 Å². The lowest BCUT2D eigenvalue weighted by Crippen LogP contribution is -2.42. The number of amides is 1. The Hall–Kier alpha value is -1.39. The summed E-state index contributed by atoms with van der Waals surface area (Å²) in [5.74, 6) is -0.153. The van der Waals surface area contributed by atoms with Gasteiger partial charge < -0.3 is 15.7 Å². The molecule has 3 N–H and O–H groups in total. The lowest BCUT2D eigenvalue weighted by molar-refractivity contribution is -0.135. The summed E-state index contributed by atoms with van der Waals surface area (Å²) in [6, 6.07) is 9.92. The van der Waals surface area contributed by atoms with Crippen LogP contribution in [0, 0.1) is 5.92 Å². The third-order valence-corrected chi connectivity index (χ3v) is 3.42. The number of rotatable bonds is 9. The zero-order chi connectivity index (χ0) is 14.8. The van der Waals surface area contributed by atoms with Gasteiger partial charge in [-0.1, -0.05) is 43.7 Å². The van der Waals surface area contributed by atoms with Crippen molar-refractivity contribution in [2.75, 3.05) is 26.2 Å². The van der Waals surface area contributed by atoms with E-state index < -0.39 is 0 Å². The Kier molecular flexibility index (Phi) is 7.92. The zero-order valence-corrected chi connectivity index (χ0v) is 12.3. The zero-order valence-electron chi connectivity index (χ0n) is 12.3. The lowest BCUT2D eigenvalue weighted by Gasteiger charge is -2.26. The number of aliphatic hydroxyl groups is 1. The number of unbranched alkanes of at least 4 members (excludes halogenated alkanes) is 1. The van der Waals surface area contributed by atoms with E-state index in [1.165, 1.54) is 0 Å². The number of aliphatic hydroxyl groups excluding tert-OH is 1. The summed E-state index contributed by atoms with van der Waals surface area (Å²) in [5.41, 5.74) is 6.90. The van der Waals surface area contributed by atoms with E-state index in [1.807, 2.05) is 30.3 Å². The summed E-state index contributed by atoms with van der Waals surface area (Å²) in [6.07, 6.45) is 2.64. The van der Waals surface area contributed by atoms with Gasteiger partial charge in [0.05, 0.1) is 12.5 Å². The molecule has 20 heavy (non-hydrogen) atoms. The van der Waals surface area contributed by atoms with Gasteiger partial charge in [-0.15, -0.1) is 0 Å². The molecule has 1 atom stereocenters. The predicted octanol–water partition coefficient (Wildman–Crippen LogP) is 1.43. The Morgan fingerprint density at radius 3 is 2.55 bits per heavy atom. The van der Waals surface area contributed by atoms with Gasteiger partial charge in [0.25, 0.3) is 0 Å². The smallest absolute Gasteiger partial charge is 0.227 e. The number of carbonyl (C=O) groups is 1. The minimum atomic E-state index is -0.208. The van der Waals surface area contributed by atoms with Crippen LogP contribution in [0.15, 0.2) is 30.3 Å². The molecule has 1 rings (SSSR count). The molecule has 0 bridgehead atoms. The van der Waals surface area contributed by atoms with Crippen molar-refractivity contribution in [1.82, 2.24) is 4.90 Å². The Morgan fingerprint density at radius 2 is 2.00 bits per heavy atom. The molecule has 0 aliphatic heterocycles. The van der Waals surface area contributed by atoms with Crippen LogP contribution in [0.4, 0.5) is 0 Å². The first-order chi connectivity index (χ1) is 9.72. The molecule has 0 aromatic heterocycles. The minimum absolute atomic E-state index is 0.00190. The molecule has 4 heteroatoms. The number of hydrogen-bond donors (Lipinski definition) is 2. The standard InChI is InChI=1S/C16H26N2O2/c1-2-3-9-18(10-11-19)16(20)15(13-17)12-14-7-5-4-6-8-14/h4-8,15,19H,2-3,9-13,17H2,1H3. The fraction of sp³-hybridized carbons (Fsp3) is 0.562. The highest BCUT2D eigenvalue weighted by Crippen LogP contribution is 2.11. The van der Waals surface area contributed by atoms with E-state index in [9.17, 15) is 4.79 Å². The number of benzene rings is 1. The van der Waals surface area contributed by atoms with Gasteiger partial charge in [-0.05, 0) is 18.4 Å². The summed E-state index contributed by atoms with van der Waals surface area (Å²) in [7, 11) is 0. The summed E-state index contributed by atoms with van der Waals surface area (Å²) >= 11 is 0. The van der Waals surface area contributed by atoms with E-state index in [0.717, 1.165) is 18.4 Å². The van der Waals surface area contributed by atoms with E-state index in [0.29, 0.717) is 26.1 Å². The Bertz CT molecular complexity index is 381. The van der Waals surface area contributed by atoms with Crippen molar-refractivity contribution in [1.29, 1.82) is 0 Å². The average Bonchev–Trinajstić information content (AvgIpc) is 2.49. The molecule has 0 radical (unpaired) electrons. The van der Waals surface area contributed by atoms with Gasteiger partial charge in [0.15, 0.2) is 0 Å². The molecule has 1 aromatic carbocycles. The van der Waals surface area contributed by atoms with Crippen LogP contribution >= 0.6 is 0 Å². The first kappa shape index (κ1) is 16.7. The second-order valence-corrected chi connectivity index (χ2v) is 5.02. The van der Waals surface area contributed by atoms with Crippen LogP contribution in [0.2, 0.25) is 0 Å². The molecule has 0 aliphatic rings. The van der Waals surface area contributed by atoms with Crippen molar-refractivity contribution >= 4 is 5.91 Å². The molecule has 112 valence electrons. The second-order valence-electron chi connectivity index (χ2n) is 5.02. The van der Waals surface area contributed by atoms with Gasteiger partial charge in [0.1, 0.15) is 0 Å². The summed E-state index contributed by atoms with van der Waals surface area (Å²) < 4.78 is 0. The first-order valence-corrected chi connectivity index (χ1v) is 7.36. The van der Waals surface area contributed by atoms with Gasteiger partial charge in [-0.3, -0.25) is 4.79 Å². The SMILES string of the molecule is CCCCN(CCO)C(=O)C(CN)Cc1ccccc1. The highest BCUT2D eigenvalue weighted by molar-refractivity contribution is 5.79. The summed E-state index contributed by atoms with van der Waals surface area (Å²) in [5, 5.41) is 9.10. The molecule has 4 nitrogen and oxygen atoms in total. The number of nitrogens with two attached hydrogens (primary N) is 1. The molecule has 0 aliphatic carbocycles. The maximum Gasteiger partial charge on any atom is 0.227 e. The van der Waals surface area contributed by atoms with Gasteiger partial charge in [0, 0.05) is 19.6 Å². The Morgan fingerprint density at radius 1 is 1.30 bits per heavy atom. The third-order valence-electron chi connectivity index (χ3n) is 3.42. The largest absolute Gasteiger partial charge is 0.395 e. The maximum atomic E-state index is 12.5. The normalized spacial score (nSPS) is 12.2. The predicted molar refractivity (Wildman–Crippen MR) is 81.3 cm³/mol. The van der Waals surface area contributed by atoms with Crippen molar-refractivity contribution in [3.8, 4) is 0 Å². The fourth-order valence-corrected chi connectivity index (χ4v) is 2.23. The molecular weight excluding hydrogens is 252 g/mol. The van der Waals surface area contributed by atoms with Crippen LogP contribution in [0.3, 0.4) is 0 Å². The van der Waals surface area contributed by atoms with E-state index in [2.05, 4.69) is 6.92 Å². The topological polar surface area (TPSA) is 66.6 Å². The van der Waals surface area contributed by atoms with Gasteiger partial charge in [-0.25, -0.2) is 0 Å². The molecule has 0 heterocycles. The van der Waals surface area contributed by atoms with E-state index in [1.54, 1.807) is 4.90 Å². The summed E-state index contributed by atoms with van der Waals surface area (Å²) in [6.45, 7) is 3.51. The molecule has 0 saturated heterocycles. The number of nitrogens with zero attached hydrogens (tertiary/aromatic N) is 1. The monoisotopic (exact) mass is 278 g/mol. The molecule has 1 unspecified atom stereocenters. The van der Waals surface area contributed by atoms with Crippen LogP contribution < -0.4 is 5.73 Å². The average molecular weight is 278 g/mol. The van der Waals surface area contributed by atoms with Crippen molar-refractivity contribution in [3.63, 3.8) is 0 Å². The lowest BCUT2D eigenvalue weighted by atomic mass is 9.98. The fourth-order valence-electron chi connectivity index (χ4n) is 2.23. The van der Waals surface area contributed by atoms with Gasteiger partial charge >= 0.3 is 0 Å². The molecule has 0 spiro atoms. The summed E-state index contributed by atoms with van der Waals surface area (Å²) in [4.78, 5) is 14.2. The number of hydrogen-bond acceptors (Lipinski definition) is 3.